The van der Waals surface area contributed by atoms with Gasteiger partial charge in [-0.25, -0.2) is 0 Å². The lowest BCUT2D eigenvalue weighted by atomic mass is 9.78. The number of hydrogen-bond donors (Lipinski definition) is 1. The number of aromatic nitrogens is 3. The number of benzene rings is 1. The molecule has 7 nitrogen and oxygen atoms in total. The Morgan fingerprint density at radius 2 is 2.08 bits per heavy atom. The summed E-state index contributed by atoms with van der Waals surface area (Å²) in [7, 11) is 0. The van der Waals surface area contributed by atoms with E-state index in [2.05, 4.69) is 22.3 Å². The van der Waals surface area contributed by atoms with E-state index in [0.717, 1.165) is 44.3 Å². The largest absolute Gasteiger partial charge is 0.342 e. The van der Waals surface area contributed by atoms with E-state index in [4.69, 9.17) is 0 Å². The summed E-state index contributed by atoms with van der Waals surface area (Å²) < 4.78 is 0. The van der Waals surface area contributed by atoms with Gasteiger partial charge in [0.15, 0.2) is 0 Å². The number of rotatable bonds is 3. The molecule has 2 amide bonds. The van der Waals surface area contributed by atoms with Gasteiger partial charge in [0.1, 0.15) is 11.0 Å². The fourth-order valence-corrected chi connectivity index (χ4v) is 4.22. The number of nitrogens with one attached hydrogen (secondary N) is 1. The highest BCUT2D eigenvalue weighted by Gasteiger charge is 2.49. The Labute approximate surface area is 146 Å². The molecule has 0 bridgehead atoms. The van der Waals surface area contributed by atoms with Crippen molar-refractivity contribution < 1.29 is 9.59 Å². The Hall–Kier alpha value is -2.44. The molecule has 1 aromatic carbocycles. The van der Waals surface area contributed by atoms with Crippen LogP contribution in [-0.2, 0) is 4.79 Å². The lowest BCUT2D eigenvalue weighted by Gasteiger charge is -2.39. The molecule has 2 aromatic rings. The molecule has 7 heteroatoms. The van der Waals surface area contributed by atoms with E-state index in [1.807, 2.05) is 9.80 Å². The number of likely N-dealkylation sites (tertiary alicyclic amines) is 2. The molecule has 0 unspecified atom stereocenters. The summed E-state index contributed by atoms with van der Waals surface area (Å²) in [6, 6.07) is 5.34. The van der Waals surface area contributed by atoms with Gasteiger partial charge in [0.25, 0.3) is 5.91 Å². The standard InChI is InChI=1S/C18H23N5O2/c1-2-8-22-9-3-6-18(17(22)25)7-10-23(12-18)16(24)13-4-5-14-15(11-13)20-21-19-14/h4-5,11H,2-3,6-10,12H2,1H3,(H,19,20,21)/t18-/m0/s1. The summed E-state index contributed by atoms with van der Waals surface area (Å²) in [5.74, 6) is 0.213. The van der Waals surface area contributed by atoms with Crippen LogP contribution >= 0.6 is 0 Å². The van der Waals surface area contributed by atoms with Crippen molar-refractivity contribution in [1.82, 2.24) is 25.2 Å². The number of carbonyl (C=O) groups is 2. The number of hydrogen-bond acceptors (Lipinski definition) is 4. The molecule has 2 saturated heterocycles. The van der Waals surface area contributed by atoms with Gasteiger partial charge in [-0.2, -0.15) is 15.4 Å². The van der Waals surface area contributed by atoms with Gasteiger partial charge in [-0.1, -0.05) is 6.92 Å². The number of fused-ring (bicyclic) bond motifs is 1. The molecule has 0 saturated carbocycles. The van der Waals surface area contributed by atoms with E-state index < -0.39 is 0 Å². The van der Waals surface area contributed by atoms with Gasteiger partial charge in [0.2, 0.25) is 5.91 Å². The molecule has 0 aliphatic carbocycles. The average molecular weight is 341 g/mol. The predicted molar refractivity (Wildman–Crippen MR) is 92.9 cm³/mol. The van der Waals surface area contributed by atoms with Crippen LogP contribution in [0.5, 0.6) is 0 Å². The first-order valence-corrected chi connectivity index (χ1v) is 9.02. The topological polar surface area (TPSA) is 82.2 Å². The van der Waals surface area contributed by atoms with E-state index in [1.165, 1.54) is 0 Å². The van der Waals surface area contributed by atoms with E-state index in [0.29, 0.717) is 24.2 Å². The van der Waals surface area contributed by atoms with Crippen LogP contribution in [0.4, 0.5) is 0 Å². The van der Waals surface area contributed by atoms with Crippen LogP contribution in [0.1, 0.15) is 43.0 Å². The average Bonchev–Trinajstić information content (AvgIpc) is 3.26. The highest BCUT2D eigenvalue weighted by molar-refractivity contribution is 5.98. The Kier molecular flexibility index (Phi) is 3.94. The van der Waals surface area contributed by atoms with Crippen LogP contribution in [0.2, 0.25) is 0 Å². The maximum atomic E-state index is 12.9. The number of carbonyl (C=O) groups excluding carboxylic acids is 2. The zero-order valence-electron chi connectivity index (χ0n) is 14.5. The monoisotopic (exact) mass is 341 g/mol. The molecule has 1 aromatic heterocycles. The molecular weight excluding hydrogens is 318 g/mol. The zero-order chi connectivity index (χ0) is 17.4. The molecule has 3 heterocycles. The van der Waals surface area contributed by atoms with Crippen LogP contribution in [-0.4, -0.2) is 63.2 Å². The van der Waals surface area contributed by atoms with Crippen molar-refractivity contribution in [3.05, 3.63) is 23.8 Å². The third-order valence-corrected chi connectivity index (χ3v) is 5.52. The molecule has 1 N–H and O–H groups in total. The first-order valence-electron chi connectivity index (χ1n) is 9.02. The van der Waals surface area contributed by atoms with E-state index in [-0.39, 0.29) is 17.2 Å². The molecule has 2 fully saturated rings. The minimum atomic E-state index is -0.374. The Balaban J connectivity index is 1.53. The Morgan fingerprint density at radius 3 is 2.92 bits per heavy atom. The number of H-pyrrole nitrogens is 1. The van der Waals surface area contributed by atoms with E-state index >= 15 is 0 Å². The van der Waals surface area contributed by atoms with Gasteiger partial charge >= 0.3 is 0 Å². The van der Waals surface area contributed by atoms with Crippen LogP contribution in [0.25, 0.3) is 11.0 Å². The van der Waals surface area contributed by atoms with E-state index in [1.54, 1.807) is 18.2 Å². The molecule has 4 rings (SSSR count). The van der Waals surface area contributed by atoms with Gasteiger partial charge in [0, 0.05) is 31.7 Å². The summed E-state index contributed by atoms with van der Waals surface area (Å²) in [5, 5.41) is 10.6. The van der Waals surface area contributed by atoms with Crippen LogP contribution < -0.4 is 0 Å². The van der Waals surface area contributed by atoms with Crippen molar-refractivity contribution >= 4 is 22.8 Å². The lowest BCUT2D eigenvalue weighted by Crippen LogP contribution is -2.50. The van der Waals surface area contributed by atoms with Gasteiger partial charge in [-0.3, -0.25) is 9.59 Å². The predicted octanol–water partition coefficient (Wildman–Crippen LogP) is 1.82. The number of amides is 2. The third kappa shape index (κ3) is 2.67. The summed E-state index contributed by atoms with van der Waals surface area (Å²) in [4.78, 5) is 29.7. The van der Waals surface area contributed by atoms with Crippen molar-refractivity contribution in [3.8, 4) is 0 Å². The summed E-state index contributed by atoms with van der Waals surface area (Å²) >= 11 is 0. The lowest BCUT2D eigenvalue weighted by molar-refractivity contribution is -0.145. The quantitative estimate of drug-likeness (QED) is 0.923. The molecule has 132 valence electrons. The highest BCUT2D eigenvalue weighted by atomic mass is 16.2. The second kappa shape index (κ2) is 6.13. The SMILES string of the molecule is CCCN1CCC[C@@]2(CCN(C(=O)c3ccc4n[nH]nc4c3)C2)C1=O. The minimum Gasteiger partial charge on any atom is -0.342 e. The van der Waals surface area contributed by atoms with Crippen molar-refractivity contribution in [1.29, 1.82) is 0 Å². The van der Waals surface area contributed by atoms with Crippen LogP contribution in [0, 0.1) is 5.41 Å². The van der Waals surface area contributed by atoms with Crippen molar-refractivity contribution in [3.63, 3.8) is 0 Å². The fourth-order valence-electron chi connectivity index (χ4n) is 4.22. The van der Waals surface area contributed by atoms with Crippen LogP contribution in [0.15, 0.2) is 18.2 Å². The fraction of sp³-hybridized carbons (Fsp3) is 0.556. The molecule has 25 heavy (non-hydrogen) atoms. The smallest absolute Gasteiger partial charge is 0.253 e. The normalized spacial score (nSPS) is 23.8. The van der Waals surface area contributed by atoms with Crippen LogP contribution in [0.3, 0.4) is 0 Å². The summed E-state index contributed by atoms with van der Waals surface area (Å²) in [6.07, 6.45) is 3.66. The first kappa shape index (κ1) is 16.1. The molecular formula is C18H23N5O2. The van der Waals surface area contributed by atoms with Crippen molar-refractivity contribution in [2.45, 2.75) is 32.6 Å². The maximum Gasteiger partial charge on any atom is 0.253 e. The van der Waals surface area contributed by atoms with E-state index in [9.17, 15) is 9.59 Å². The number of aromatic amines is 1. The Morgan fingerprint density at radius 1 is 1.24 bits per heavy atom. The highest BCUT2D eigenvalue weighted by Crippen LogP contribution is 2.40. The zero-order valence-corrected chi connectivity index (χ0v) is 14.5. The summed E-state index contributed by atoms with van der Waals surface area (Å²) in [5.41, 5.74) is 1.66. The van der Waals surface area contributed by atoms with Crippen molar-refractivity contribution in [2.75, 3.05) is 26.2 Å². The second-order valence-electron chi connectivity index (χ2n) is 7.18. The number of piperidine rings is 1. The molecule has 2 aliphatic heterocycles. The van der Waals surface area contributed by atoms with Gasteiger partial charge in [0.05, 0.1) is 5.41 Å². The maximum absolute atomic E-state index is 12.9. The Bertz CT molecular complexity index is 815. The van der Waals surface area contributed by atoms with Gasteiger partial charge in [-0.15, -0.1) is 0 Å². The third-order valence-electron chi connectivity index (χ3n) is 5.52. The van der Waals surface area contributed by atoms with Gasteiger partial charge < -0.3 is 9.80 Å². The molecule has 1 atom stereocenters. The first-order chi connectivity index (χ1) is 12.1. The second-order valence-corrected chi connectivity index (χ2v) is 7.18. The number of nitrogens with zero attached hydrogens (tertiary/aromatic N) is 4. The van der Waals surface area contributed by atoms with Gasteiger partial charge in [-0.05, 0) is 43.9 Å². The van der Waals surface area contributed by atoms with Crippen molar-refractivity contribution in [2.24, 2.45) is 5.41 Å². The molecule has 1 spiro atoms. The summed E-state index contributed by atoms with van der Waals surface area (Å²) in [6.45, 7) is 4.94. The molecule has 0 radical (unpaired) electrons. The minimum absolute atomic E-state index is 0.0258. The molecule has 2 aliphatic rings.